The Labute approximate surface area is 123 Å². The molecular formula is C15H20N4O2. The Morgan fingerprint density at radius 3 is 2.67 bits per heavy atom. The first-order valence-corrected chi connectivity index (χ1v) is 7.13. The van der Waals surface area contributed by atoms with Crippen LogP contribution in [0, 0.1) is 0 Å². The highest BCUT2D eigenvalue weighted by Crippen LogP contribution is 2.24. The lowest BCUT2D eigenvalue weighted by Crippen LogP contribution is -2.14. The van der Waals surface area contributed by atoms with Crippen molar-refractivity contribution in [3.05, 3.63) is 35.4 Å². The van der Waals surface area contributed by atoms with Crippen molar-refractivity contribution >= 4 is 11.7 Å². The van der Waals surface area contributed by atoms with Crippen LogP contribution in [0.5, 0.6) is 0 Å². The maximum Gasteiger partial charge on any atom is 0.340 e. The zero-order valence-corrected chi connectivity index (χ0v) is 12.6. The Kier molecular flexibility index (Phi) is 4.57. The molecule has 0 spiro atoms. The Morgan fingerprint density at radius 1 is 1.29 bits per heavy atom. The molecule has 1 aromatic carbocycles. The molecule has 0 fully saturated rings. The van der Waals surface area contributed by atoms with Crippen molar-refractivity contribution in [3.8, 4) is 5.69 Å². The largest absolute Gasteiger partial charge is 0.462 e. The summed E-state index contributed by atoms with van der Waals surface area (Å²) in [6.07, 6.45) is 1.42. The van der Waals surface area contributed by atoms with Crippen molar-refractivity contribution in [1.82, 2.24) is 14.8 Å². The second-order valence-corrected chi connectivity index (χ2v) is 4.53. The van der Waals surface area contributed by atoms with Crippen LogP contribution in [0.3, 0.4) is 0 Å². The van der Waals surface area contributed by atoms with Crippen LogP contribution >= 0.6 is 0 Å². The van der Waals surface area contributed by atoms with Crippen molar-refractivity contribution < 1.29 is 9.53 Å². The van der Waals surface area contributed by atoms with Gasteiger partial charge in [-0.3, -0.25) is 0 Å². The summed E-state index contributed by atoms with van der Waals surface area (Å²) in [5.41, 5.74) is 7.48. The zero-order valence-electron chi connectivity index (χ0n) is 12.6. The smallest absolute Gasteiger partial charge is 0.340 e. The van der Waals surface area contributed by atoms with Crippen molar-refractivity contribution in [1.29, 1.82) is 0 Å². The van der Waals surface area contributed by atoms with Crippen molar-refractivity contribution in [2.24, 2.45) is 0 Å². The van der Waals surface area contributed by atoms with Gasteiger partial charge in [-0.15, -0.1) is 0 Å². The van der Waals surface area contributed by atoms with Crippen molar-refractivity contribution in [3.63, 3.8) is 0 Å². The van der Waals surface area contributed by atoms with Crippen LogP contribution in [0.1, 0.15) is 42.8 Å². The number of carbonyl (C=O) groups excluding carboxylic acids is 1. The second kappa shape index (κ2) is 6.39. The van der Waals surface area contributed by atoms with E-state index in [1.807, 2.05) is 13.8 Å². The third kappa shape index (κ3) is 2.89. The fourth-order valence-corrected chi connectivity index (χ4v) is 2.12. The van der Waals surface area contributed by atoms with Crippen LogP contribution in [-0.4, -0.2) is 27.3 Å². The Balaban J connectivity index is 2.62. The number of hydrogen-bond acceptors (Lipinski definition) is 5. The molecule has 0 unspecified atom stereocenters. The number of aromatic nitrogens is 3. The molecule has 2 N–H and O–H groups in total. The van der Waals surface area contributed by atoms with Crippen LogP contribution in [0.2, 0.25) is 0 Å². The number of nitrogens with zero attached hydrogens (tertiary/aromatic N) is 3. The third-order valence-electron chi connectivity index (χ3n) is 3.12. The number of hydrogen-bond donors (Lipinski definition) is 1. The monoisotopic (exact) mass is 288 g/mol. The maximum absolute atomic E-state index is 12.1. The quantitative estimate of drug-likeness (QED) is 0.673. The number of nitrogens with two attached hydrogens (primary N) is 1. The predicted octanol–water partition coefficient (Wildman–Crippen LogP) is 2.15. The number of anilines is 1. The minimum absolute atomic E-state index is 0.311. The molecule has 0 amide bonds. The first-order valence-electron chi connectivity index (χ1n) is 7.13. The molecule has 1 heterocycles. The highest BCUT2D eigenvalue weighted by atomic mass is 16.5. The fourth-order valence-electron chi connectivity index (χ4n) is 2.12. The molecule has 112 valence electrons. The summed E-state index contributed by atoms with van der Waals surface area (Å²) in [4.78, 5) is 16.6. The van der Waals surface area contributed by atoms with Crippen LogP contribution < -0.4 is 5.73 Å². The van der Waals surface area contributed by atoms with Gasteiger partial charge in [0, 0.05) is 12.8 Å². The average Bonchev–Trinajstić information content (AvgIpc) is 2.90. The first-order chi connectivity index (χ1) is 10.1. The molecule has 6 nitrogen and oxygen atoms in total. The molecule has 0 atom stereocenters. The predicted molar refractivity (Wildman–Crippen MR) is 80.5 cm³/mol. The number of ether oxygens (including phenoxy) is 1. The van der Waals surface area contributed by atoms with E-state index < -0.39 is 5.97 Å². The van der Waals surface area contributed by atoms with Gasteiger partial charge in [-0.25, -0.2) is 14.5 Å². The number of nitrogen functional groups attached to an aromatic ring is 1. The lowest BCUT2D eigenvalue weighted by Gasteiger charge is -2.12. The molecule has 21 heavy (non-hydrogen) atoms. The minimum Gasteiger partial charge on any atom is -0.462 e. The number of benzene rings is 1. The summed E-state index contributed by atoms with van der Waals surface area (Å²) in [6, 6.07) is 5.16. The lowest BCUT2D eigenvalue weighted by atomic mass is 10.1. The van der Waals surface area contributed by atoms with Gasteiger partial charge in [-0.1, -0.05) is 19.9 Å². The maximum atomic E-state index is 12.1. The van der Waals surface area contributed by atoms with E-state index in [1.165, 1.54) is 0 Å². The van der Waals surface area contributed by atoms with Crippen LogP contribution in [0.25, 0.3) is 5.69 Å². The van der Waals surface area contributed by atoms with Crippen LogP contribution in [0.4, 0.5) is 5.69 Å². The van der Waals surface area contributed by atoms with Gasteiger partial charge in [0.15, 0.2) is 5.82 Å². The van der Waals surface area contributed by atoms with Gasteiger partial charge in [-0.05, 0) is 19.1 Å². The standard InChI is InChI=1S/C15H20N4O2/c1-4-12-17-13(5-2)19(18-12)14-10(15(20)21-6-3)8-7-9-11(14)16/h7-9H,4-6,16H2,1-3H3. The third-order valence-corrected chi connectivity index (χ3v) is 3.12. The van der Waals surface area contributed by atoms with E-state index in [1.54, 1.807) is 29.8 Å². The normalized spacial score (nSPS) is 10.6. The van der Waals surface area contributed by atoms with Gasteiger partial charge in [0.1, 0.15) is 11.5 Å². The zero-order chi connectivity index (χ0) is 15.4. The van der Waals surface area contributed by atoms with Crippen LogP contribution in [0.15, 0.2) is 18.2 Å². The number of para-hydroxylation sites is 1. The summed E-state index contributed by atoms with van der Waals surface area (Å²) in [5.74, 6) is 1.09. The topological polar surface area (TPSA) is 83.0 Å². The van der Waals surface area contributed by atoms with Gasteiger partial charge < -0.3 is 10.5 Å². The van der Waals surface area contributed by atoms with E-state index in [-0.39, 0.29) is 0 Å². The van der Waals surface area contributed by atoms with Gasteiger partial charge in [0.2, 0.25) is 0 Å². The molecule has 0 aliphatic carbocycles. The number of rotatable bonds is 5. The molecule has 1 aromatic heterocycles. The van der Waals surface area contributed by atoms with E-state index in [0.717, 1.165) is 18.1 Å². The molecule has 0 saturated carbocycles. The lowest BCUT2D eigenvalue weighted by molar-refractivity contribution is 0.0526. The van der Waals surface area contributed by atoms with Gasteiger partial charge >= 0.3 is 5.97 Å². The van der Waals surface area contributed by atoms with E-state index in [0.29, 0.717) is 30.0 Å². The van der Waals surface area contributed by atoms with E-state index in [4.69, 9.17) is 10.5 Å². The Hall–Kier alpha value is -2.37. The SMILES string of the molecule is CCOC(=O)c1cccc(N)c1-n1nc(CC)nc1CC. The van der Waals surface area contributed by atoms with E-state index in [9.17, 15) is 4.79 Å². The highest BCUT2D eigenvalue weighted by Gasteiger charge is 2.20. The molecule has 2 aromatic rings. The first kappa shape index (κ1) is 15.0. The molecule has 0 saturated heterocycles. The Bertz CT molecular complexity index is 649. The summed E-state index contributed by atoms with van der Waals surface area (Å²) in [5, 5.41) is 4.45. The highest BCUT2D eigenvalue weighted by molar-refractivity contribution is 5.95. The minimum atomic E-state index is -0.407. The van der Waals surface area contributed by atoms with Gasteiger partial charge in [0.05, 0.1) is 17.9 Å². The summed E-state index contributed by atoms with van der Waals surface area (Å²) in [6.45, 7) is 6.06. The molecule has 0 bridgehead atoms. The molecule has 6 heteroatoms. The molecule has 0 aliphatic rings. The number of aryl methyl sites for hydroxylation is 2. The van der Waals surface area contributed by atoms with E-state index in [2.05, 4.69) is 10.1 Å². The van der Waals surface area contributed by atoms with E-state index >= 15 is 0 Å². The average molecular weight is 288 g/mol. The van der Waals surface area contributed by atoms with Crippen molar-refractivity contribution in [2.45, 2.75) is 33.6 Å². The van der Waals surface area contributed by atoms with Gasteiger partial charge in [-0.2, -0.15) is 5.10 Å². The second-order valence-electron chi connectivity index (χ2n) is 4.53. The van der Waals surface area contributed by atoms with Crippen molar-refractivity contribution in [2.75, 3.05) is 12.3 Å². The summed E-state index contributed by atoms with van der Waals surface area (Å²) in [7, 11) is 0. The Morgan fingerprint density at radius 2 is 2.05 bits per heavy atom. The molecule has 2 rings (SSSR count). The number of carbonyl (C=O) groups is 1. The number of esters is 1. The molecule has 0 radical (unpaired) electrons. The summed E-state index contributed by atoms with van der Waals surface area (Å²) < 4.78 is 6.75. The fraction of sp³-hybridized carbons (Fsp3) is 0.400. The van der Waals surface area contributed by atoms with Crippen LogP contribution in [-0.2, 0) is 17.6 Å². The molecular weight excluding hydrogens is 268 g/mol. The van der Waals surface area contributed by atoms with Gasteiger partial charge in [0.25, 0.3) is 0 Å². The molecule has 0 aliphatic heterocycles. The summed E-state index contributed by atoms with van der Waals surface area (Å²) >= 11 is 0.